The maximum atomic E-state index is 13.9. The monoisotopic (exact) mass is 682 g/mol. The second kappa shape index (κ2) is 13.1. The summed E-state index contributed by atoms with van der Waals surface area (Å²) < 4.78 is 52.7. The van der Waals surface area contributed by atoms with Gasteiger partial charge < -0.3 is 24.2 Å². The van der Waals surface area contributed by atoms with E-state index >= 15 is 0 Å². The Bertz CT molecular complexity index is 1490. The summed E-state index contributed by atoms with van der Waals surface area (Å²) in [4.78, 5) is 45.2. The number of hydrogen-bond donors (Lipinski definition) is 1. The van der Waals surface area contributed by atoms with Crippen molar-refractivity contribution in [3.05, 3.63) is 63.1 Å². The van der Waals surface area contributed by atoms with E-state index in [9.17, 15) is 27.6 Å². The molecule has 1 spiro atoms. The Morgan fingerprint density at radius 3 is 2.35 bits per heavy atom. The van der Waals surface area contributed by atoms with Crippen LogP contribution in [-0.4, -0.2) is 84.2 Å². The molecule has 0 aromatic heterocycles. The number of carbonyl (C=O) groups excluding carboxylic acids is 3. The summed E-state index contributed by atoms with van der Waals surface area (Å²) >= 11 is 11.9. The third kappa shape index (κ3) is 6.75. The van der Waals surface area contributed by atoms with Crippen LogP contribution in [0.3, 0.4) is 0 Å². The van der Waals surface area contributed by atoms with Crippen LogP contribution in [0.5, 0.6) is 0 Å². The molecule has 3 amide bonds. The molecule has 0 radical (unpaired) electrons. The molecule has 9 nitrogen and oxygen atoms in total. The van der Waals surface area contributed by atoms with Gasteiger partial charge in [0.05, 0.1) is 21.3 Å². The highest BCUT2D eigenvalue weighted by atomic mass is 35.5. The zero-order valence-electron chi connectivity index (χ0n) is 25.1. The number of carbonyl (C=O) groups is 3. The van der Waals surface area contributed by atoms with Crippen LogP contribution in [0.25, 0.3) is 0 Å². The Morgan fingerprint density at radius 1 is 1.00 bits per heavy atom. The number of halogens is 5. The molecule has 0 bridgehead atoms. The summed E-state index contributed by atoms with van der Waals surface area (Å²) in [5.41, 5.74) is -0.519. The molecule has 1 atom stereocenters. The van der Waals surface area contributed by atoms with E-state index in [4.69, 9.17) is 32.7 Å². The zero-order valence-corrected chi connectivity index (χ0v) is 26.6. The van der Waals surface area contributed by atoms with Crippen molar-refractivity contribution in [2.45, 2.75) is 68.9 Å². The number of alkyl halides is 3. The predicted molar refractivity (Wildman–Crippen MR) is 165 cm³/mol. The van der Waals surface area contributed by atoms with Gasteiger partial charge in [0.1, 0.15) is 5.60 Å². The molecule has 248 valence electrons. The van der Waals surface area contributed by atoms with E-state index in [-0.39, 0.29) is 30.1 Å². The summed E-state index contributed by atoms with van der Waals surface area (Å²) in [5, 5.41) is 1.75. The number of likely N-dealkylation sites (tertiary alicyclic amines) is 3. The van der Waals surface area contributed by atoms with E-state index in [1.807, 2.05) is 18.2 Å². The third-order valence-electron chi connectivity index (χ3n) is 9.54. The summed E-state index contributed by atoms with van der Waals surface area (Å²) in [6, 6.07) is 9.79. The topological polar surface area (TPSA) is 91.4 Å². The standard InChI is InChI=1S/C32H35Cl2F3N4O5/c33-24-18-20(17-23(27(24)34)32(35,36)37)19-26(28(42)40-13-7-21(8-14-40)39-11-3-4-12-39)45-30(44)41-15-9-31(10-16-41)22-5-1-2-6-25(22)38-29(43)46-31/h1-2,5-6,17-18,21,26H,3-4,7-16,19H2,(H,38,43)/t26-/m1/s1. The normalized spacial score (nSPS) is 21.0. The minimum Gasteiger partial charge on any atom is -0.438 e. The quantitative estimate of drug-likeness (QED) is 0.378. The average Bonchev–Trinajstić information content (AvgIpc) is 3.57. The molecule has 1 N–H and O–H groups in total. The number of anilines is 1. The minimum absolute atomic E-state index is 0.0654. The van der Waals surface area contributed by atoms with Crippen LogP contribution >= 0.6 is 23.2 Å². The van der Waals surface area contributed by atoms with E-state index in [0.717, 1.165) is 50.4 Å². The molecular weight excluding hydrogens is 648 g/mol. The van der Waals surface area contributed by atoms with Gasteiger partial charge in [0.15, 0.2) is 6.10 Å². The number of fused-ring (bicyclic) bond motifs is 2. The lowest BCUT2D eigenvalue weighted by Crippen LogP contribution is -2.52. The fourth-order valence-corrected chi connectivity index (χ4v) is 7.56. The van der Waals surface area contributed by atoms with Gasteiger partial charge in [0.25, 0.3) is 5.91 Å². The molecule has 3 fully saturated rings. The van der Waals surface area contributed by atoms with Crippen LogP contribution in [-0.2, 0) is 32.5 Å². The Morgan fingerprint density at radius 2 is 1.67 bits per heavy atom. The number of ether oxygens (including phenoxy) is 2. The predicted octanol–water partition coefficient (Wildman–Crippen LogP) is 6.70. The molecule has 3 saturated heterocycles. The highest BCUT2D eigenvalue weighted by Crippen LogP contribution is 2.44. The van der Waals surface area contributed by atoms with Crippen molar-refractivity contribution in [1.82, 2.24) is 14.7 Å². The molecule has 4 heterocycles. The van der Waals surface area contributed by atoms with Gasteiger partial charge in [-0.05, 0) is 62.5 Å². The number of piperidine rings is 2. The fourth-order valence-electron chi connectivity index (χ4n) is 7.10. The Kier molecular flexibility index (Phi) is 9.33. The van der Waals surface area contributed by atoms with Gasteiger partial charge >= 0.3 is 18.4 Å². The number of rotatable bonds is 5. The van der Waals surface area contributed by atoms with Crippen LogP contribution in [0.15, 0.2) is 36.4 Å². The van der Waals surface area contributed by atoms with Gasteiger partial charge in [-0.15, -0.1) is 0 Å². The molecule has 0 unspecified atom stereocenters. The van der Waals surface area contributed by atoms with E-state index in [0.29, 0.717) is 37.7 Å². The lowest BCUT2D eigenvalue weighted by atomic mass is 9.82. The van der Waals surface area contributed by atoms with Crippen molar-refractivity contribution in [2.24, 2.45) is 0 Å². The largest absolute Gasteiger partial charge is 0.438 e. The third-order valence-corrected chi connectivity index (χ3v) is 10.3. The number of nitrogens with zero attached hydrogens (tertiary/aromatic N) is 3. The van der Waals surface area contributed by atoms with Crippen molar-refractivity contribution in [1.29, 1.82) is 0 Å². The molecule has 0 aliphatic carbocycles. The molecule has 2 aromatic rings. The molecule has 4 aliphatic heterocycles. The van der Waals surface area contributed by atoms with Crippen LogP contribution in [0.4, 0.5) is 28.4 Å². The Balaban J connectivity index is 1.18. The van der Waals surface area contributed by atoms with Crippen LogP contribution in [0.1, 0.15) is 55.2 Å². The van der Waals surface area contributed by atoms with Crippen molar-refractivity contribution in [3.8, 4) is 0 Å². The molecule has 2 aromatic carbocycles. The molecule has 6 rings (SSSR count). The zero-order chi connectivity index (χ0) is 32.6. The Labute approximate surface area is 274 Å². The van der Waals surface area contributed by atoms with E-state index in [1.165, 1.54) is 11.0 Å². The van der Waals surface area contributed by atoms with Crippen LogP contribution in [0.2, 0.25) is 10.0 Å². The SMILES string of the molecule is O=C1Nc2ccccc2C2(CCN(C(=O)O[C@H](Cc3cc(Cl)c(Cl)c(C(F)(F)F)c3)C(=O)N3CCC(N4CCCC4)CC3)CC2)O1. The summed E-state index contributed by atoms with van der Waals surface area (Å²) in [6.07, 6.45) is -3.37. The first-order valence-electron chi connectivity index (χ1n) is 15.6. The lowest BCUT2D eigenvalue weighted by Gasteiger charge is -2.44. The van der Waals surface area contributed by atoms with Crippen molar-refractivity contribution in [3.63, 3.8) is 0 Å². The van der Waals surface area contributed by atoms with Gasteiger partial charge in [-0.1, -0.05) is 41.4 Å². The molecular formula is C32H35Cl2F3N4O5. The van der Waals surface area contributed by atoms with Crippen LogP contribution < -0.4 is 5.32 Å². The first-order valence-corrected chi connectivity index (χ1v) is 16.3. The summed E-state index contributed by atoms with van der Waals surface area (Å²) in [6.45, 7) is 3.33. The van der Waals surface area contributed by atoms with Gasteiger partial charge in [-0.25, -0.2) is 9.59 Å². The first-order chi connectivity index (χ1) is 21.9. The van der Waals surface area contributed by atoms with Crippen molar-refractivity contribution < 1.29 is 37.0 Å². The summed E-state index contributed by atoms with van der Waals surface area (Å²) in [7, 11) is 0. The maximum Gasteiger partial charge on any atom is 0.417 e. The smallest absolute Gasteiger partial charge is 0.417 e. The number of para-hydroxylation sites is 1. The van der Waals surface area contributed by atoms with Gasteiger partial charge in [-0.2, -0.15) is 13.2 Å². The van der Waals surface area contributed by atoms with Crippen molar-refractivity contribution in [2.75, 3.05) is 44.6 Å². The number of amides is 3. The number of benzene rings is 2. The molecule has 46 heavy (non-hydrogen) atoms. The fraction of sp³-hybridized carbons (Fsp3) is 0.531. The van der Waals surface area contributed by atoms with Crippen molar-refractivity contribution >= 4 is 47.0 Å². The molecule has 0 saturated carbocycles. The number of nitrogens with one attached hydrogen (secondary N) is 1. The Hall–Kier alpha value is -3.22. The highest BCUT2D eigenvalue weighted by Gasteiger charge is 2.46. The van der Waals surface area contributed by atoms with Gasteiger partial charge in [0.2, 0.25) is 0 Å². The van der Waals surface area contributed by atoms with E-state index in [1.54, 1.807) is 11.0 Å². The van der Waals surface area contributed by atoms with Gasteiger partial charge in [0, 0.05) is 57.0 Å². The van der Waals surface area contributed by atoms with E-state index in [2.05, 4.69) is 10.2 Å². The van der Waals surface area contributed by atoms with Crippen LogP contribution in [0, 0.1) is 0 Å². The average molecular weight is 684 g/mol. The minimum atomic E-state index is -4.77. The molecule has 14 heteroatoms. The number of hydrogen-bond acceptors (Lipinski definition) is 6. The second-order valence-corrected chi connectivity index (χ2v) is 13.1. The first kappa shape index (κ1) is 32.7. The highest BCUT2D eigenvalue weighted by molar-refractivity contribution is 6.42. The van der Waals surface area contributed by atoms with E-state index < -0.39 is 46.6 Å². The maximum absolute atomic E-state index is 13.9. The molecule has 4 aliphatic rings. The second-order valence-electron chi connectivity index (χ2n) is 12.4. The van der Waals surface area contributed by atoms with Gasteiger partial charge in [-0.3, -0.25) is 10.1 Å². The lowest BCUT2D eigenvalue weighted by molar-refractivity contribution is -0.142. The summed E-state index contributed by atoms with van der Waals surface area (Å²) in [5.74, 6) is -0.470.